The standard InChI is InChI=1S/C53H90NO8P/c1-6-8-10-12-14-16-17-18-19-20-21-22-23-24-25-26-27-28-29-30-31-32-33-34-35-36-37-38-40-42-44-46-53(56)62-51(50-61-63(57,58)60-48-47-54(3,4)5)49-59-52(55)45-43-41-39-15-13-11-9-7-2/h8,10,14,16,18-19,21-22,24-25,27-28,30-31,33-34,51H,6-7,9,11-13,15,17,20,23,26,29,32,35-50H2,1-5H3/p+1/b10-8-,16-14-,19-18-,22-21-,25-24-,28-27-,31-30-,34-33-. The average Bonchev–Trinajstić information content (AvgIpc) is 3.24. The van der Waals surface area contributed by atoms with Crippen LogP contribution >= 0.6 is 7.82 Å². The number of nitrogens with zero attached hydrogens (tertiary/aromatic N) is 1. The molecule has 0 fully saturated rings. The van der Waals surface area contributed by atoms with Crippen LogP contribution in [0.5, 0.6) is 0 Å². The highest BCUT2D eigenvalue weighted by molar-refractivity contribution is 7.47. The van der Waals surface area contributed by atoms with Crippen LogP contribution in [-0.2, 0) is 32.7 Å². The molecular formula is C53H91NO8P+. The Balaban J connectivity index is 4.19. The zero-order chi connectivity index (χ0) is 46.4. The van der Waals surface area contributed by atoms with Crippen molar-refractivity contribution < 1.29 is 42.1 Å². The van der Waals surface area contributed by atoms with Crippen LogP contribution in [-0.4, -0.2) is 74.9 Å². The van der Waals surface area contributed by atoms with Crippen molar-refractivity contribution in [2.75, 3.05) is 47.5 Å². The first-order valence-corrected chi connectivity index (χ1v) is 26.0. The van der Waals surface area contributed by atoms with Crippen molar-refractivity contribution in [3.8, 4) is 0 Å². The van der Waals surface area contributed by atoms with E-state index >= 15 is 0 Å². The monoisotopic (exact) mass is 901 g/mol. The minimum Gasteiger partial charge on any atom is -0.462 e. The SMILES string of the molecule is CC/C=C\C/C=C\C/C=C\C/C=C\C/C=C\C/C=C\C/C=C\C/C=C\CCCCCCCCC(=O)OC(COC(=O)CCCCCCCCCC)COP(=O)(O)OCC[N+](C)(C)C. The first kappa shape index (κ1) is 59.9. The van der Waals surface area contributed by atoms with Gasteiger partial charge >= 0.3 is 19.8 Å². The number of phosphoric ester groups is 1. The third-order valence-corrected chi connectivity index (χ3v) is 10.9. The topological polar surface area (TPSA) is 108 Å². The number of unbranched alkanes of at least 4 members (excludes halogenated alkanes) is 13. The summed E-state index contributed by atoms with van der Waals surface area (Å²) in [5, 5.41) is 0. The van der Waals surface area contributed by atoms with Crippen molar-refractivity contribution in [1.82, 2.24) is 0 Å². The molecule has 0 saturated heterocycles. The van der Waals surface area contributed by atoms with E-state index in [1.165, 1.54) is 32.1 Å². The largest absolute Gasteiger partial charge is 0.472 e. The van der Waals surface area contributed by atoms with Crippen molar-refractivity contribution in [3.05, 3.63) is 97.2 Å². The minimum absolute atomic E-state index is 0.0243. The normalized spacial score (nSPS) is 14.3. The van der Waals surface area contributed by atoms with Gasteiger partial charge in [0.25, 0.3) is 0 Å². The summed E-state index contributed by atoms with van der Waals surface area (Å²) in [6.45, 7) is 4.23. The number of allylic oxidation sites excluding steroid dienone is 16. The lowest BCUT2D eigenvalue weighted by Gasteiger charge is -2.24. The van der Waals surface area contributed by atoms with Crippen LogP contribution in [0.3, 0.4) is 0 Å². The Kier molecular flexibility index (Phi) is 42.0. The van der Waals surface area contributed by atoms with Crippen molar-refractivity contribution >= 4 is 19.8 Å². The highest BCUT2D eigenvalue weighted by atomic mass is 31.2. The summed E-state index contributed by atoms with van der Waals surface area (Å²) in [5.41, 5.74) is 0. The first-order chi connectivity index (χ1) is 30.5. The zero-order valence-corrected chi connectivity index (χ0v) is 41.4. The number of hydrogen-bond donors (Lipinski definition) is 1. The molecule has 0 aromatic carbocycles. The van der Waals surface area contributed by atoms with Crippen molar-refractivity contribution in [3.63, 3.8) is 0 Å². The second-order valence-electron chi connectivity index (χ2n) is 17.1. The summed E-state index contributed by atoms with van der Waals surface area (Å²) >= 11 is 0. The van der Waals surface area contributed by atoms with Gasteiger partial charge in [-0.2, -0.15) is 0 Å². The van der Waals surface area contributed by atoms with E-state index in [1.807, 2.05) is 21.1 Å². The van der Waals surface area contributed by atoms with E-state index in [-0.39, 0.29) is 32.0 Å². The Bertz CT molecular complexity index is 1390. The maximum Gasteiger partial charge on any atom is 0.472 e. The van der Waals surface area contributed by atoms with E-state index in [2.05, 4.69) is 111 Å². The van der Waals surface area contributed by atoms with Crippen LogP contribution in [0.2, 0.25) is 0 Å². The molecule has 0 heterocycles. The van der Waals surface area contributed by atoms with Crippen LogP contribution in [0.15, 0.2) is 97.2 Å². The summed E-state index contributed by atoms with van der Waals surface area (Å²) in [6, 6.07) is 0. The number of likely N-dealkylation sites (N-methyl/N-ethyl adjacent to an activating group) is 1. The fourth-order valence-electron chi connectivity index (χ4n) is 6.09. The van der Waals surface area contributed by atoms with Crippen molar-refractivity contribution in [2.24, 2.45) is 0 Å². The molecule has 0 spiro atoms. The highest BCUT2D eigenvalue weighted by Gasteiger charge is 2.27. The molecular weight excluding hydrogens is 810 g/mol. The first-order valence-electron chi connectivity index (χ1n) is 24.5. The van der Waals surface area contributed by atoms with Gasteiger partial charge in [-0.3, -0.25) is 18.6 Å². The molecule has 0 bridgehead atoms. The third-order valence-electron chi connectivity index (χ3n) is 9.88. The van der Waals surface area contributed by atoms with Gasteiger partial charge in [0, 0.05) is 12.8 Å². The van der Waals surface area contributed by atoms with Crippen LogP contribution in [0.1, 0.15) is 174 Å². The Hall–Kier alpha value is -3.07. The smallest absolute Gasteiger partial charge is 0.462 e. The Morgan fingerprint density at radius 3 is 1.35 bits per heavy atom. The van der Waals surface area contributed by atoms with Crippen molar-refractivity contribution in [1.29, 1.82) is 0 Å². The van der Waals surface area contributed by atoms with E-state index in [0.29, 0.717) is 17.4 Å². The summed E-state index contributed by atoms with van der Waals surface area (Å²) in [7, 11) is 1.45. The average molecular weight is 901 g/mol. The number of carbonyl (C=O) groups excluding carboxylic acids is 2. The number of hydrogen-bond acceptors (Lipinski definition) is 7. The molecule has 0 amide bonds. The maximum atomic E-state index is 12.7. The van der Waals surface area contributed by atoms with E-state index in [4.69, 9.17) is 18.5 Å². The summed E-state index contributed by atoms with van der Waals surface area (Å²) in [5.74, 6) is -0.827. The number of esters is 2. The molecule has 63 heavy (non-hydrogen) atoms. The number of rotatable bonds is 43. The van der Waals surface area contributed by atoms with E-state index in [9.17, 15) is 19.0 Å². The van der Waals surface area contributed by atoms with Crippen LogP contribution in [0.25, 0.3) is 0 Å². The molecule has 0 aliphatic heterocycles. The molecule has 0 aliphatic carbocycles. The molecule has 0 aromatic heterocycles. The Labute approximate surface area is 385 Å². The number of quaternary nitrogens is 1. The Morgan fingerprint density at radius 2 is 0.905 bits per heavy atom. The van der Waals surface area contributed by atoms with Crippen LogP contribution in [0, 0.1) is 0 Å². The van der Waals surface area contributed by atoms with Gasteiger partial charge in [0.1, 0.15) is 19.8 Å². The van der Waals surface area contributed by atoms with Gasteiger partial charge < -0.3 is 18.9 Å². The second-order valence-corrected chi connectivity index (χ2v) is 18.6. The summed E-state index contributed by atoms with van der Waals surface area (Å²) < 4.78 is 34.2. The second kappa shape index (κ2) is 44.1. The molecule has 1 N–H and O–H groups in total. The van der Waals surface area contributed by atoms with Crippen LogP contribution < -0.4 is 0 Å². The van der Waals surface area contributed by atoms with Crippen molar-refractivity contribution in [2.45, 2.75) is 180 Å². The van der Waals surface area contributed by atoms with Gasteiger partial charge in [0.05, 0.1) is 27.7 Å². The fraction of sp³-hybridized carbons (Fsp3) is 0.660. The third kappa shape index (κ3) is 48.2. The van der Waals surface area contributed by atoms with E-state index < -0.39 is 26.5 Å². The van der Waals surface area contributed by atoms with Crippen LogP contribution in [0.4, 0.5) is 0 Å². The highest BCUT2D eigenvalue weighted by Crippen LogP contribution is 2.43. The van der Waals surface area contributed by atoms with Gasteiger partial charge in [-0.1, -0.05) is 182 Å². The molecule has 0 saturated carbocycles. The molecule has 9 nitrogen and oxygen atoms in total. The zero-order valence-electron chi connectivity index (χ0n) is 40.5. The molecule has 0 aromatic rings. The molecule has 2 atom stereocenters. The molecule has 10 heteroatoms. The maximum absolute atomic E-state index is 12.7. The number of phosphoric acid groups is 1. The van der Waals surface area contributed by atoms with E-state index in [0.717, 1.165) is 109 Å². The summed E-state index contributed by atoms with van der Waals surface area (Å²) in [6.07, 6.45) is 59.1. The molecule has 0 aliphatic rings. The summed E-state index contributed by atoms with van der Waals surface area (Å²) in [4.78, 5) is 35.3. The predicted octanol–water partition coefficient (Wildman–Crippen LogP) is 14.5. The van der Waals surface area contributed by atoms with E-state index in [1.54, 1.807) is 0 Å². The minimum atomic E-state index is -4.38. The van der Waals surface area contributed by atoms with Gasteiger partial charge in [0.15, 0.2) is 6.10 Å². The lowest BCUT2D eigenvalue weighted by atomic mass is 10.1. The predicted molar refractivity (Wildman–Crippen MR) is 265 cm³/mol. The number of ether oxygens (including phenoxy) is 2. The van der Waals surface area contributed by atoms with Gasteiger partial charge in [-0.15, -0.1) is 0 Å². The Morgan fingerprint density at radius 1 is 0.508 bits per heavy atom. The lowest BCUT2D eigenvalue weighted by molar-refractivity contribution is -0.870. The van der Waals surface area contributed by atoms with Gasteiger partial charge in [0.2, 0.25) is 0 Å². The molecule has 2 unspecified atom stereocenters. The number of carbonyl (C=O) groups is 2. The molecule has 0 rings (SSSR count). The van der Waals surface area contributed by atoms with Gasteiger partial charge in [-0.05, 0) is 77.0 Å². The lowest BCUT2D eigenvalue weighted by Crippen LogP contribution is -2.37. The quantitative estimate of drug-likeness (QED) is 0.0212. The molecule has 0 radical (unpaired) electrons. The molecule has 360 valence electrons. The van der Waals surface area contributed by atoms with Gasteiger partial charge in [-0.25, -0.2) is 4.57 Å². The fourth-order valence-corrected chi connectivity index (χ4v) is 6.83.